The average Bonchev–Trinajstić information content (AvgIpc) is 3.51. The van der Waals surface area contributed by atoms with Gasteiger partial charge in [0.05, 0.1) is 11.7 Å². The zero-order valence-corrected chi connectivity index (χ0v) is 21.3. The molecule has 2 aromatic carbocycles. The van der Waals surface area contributed by atoms with Crippen LogP contribution in [0.4, 0.5) is 0 Å². The van der Waals surface area contributed by atoms with Crippen LogP contribution in [0.3, 0.4) is 0 Å². The summed E-state index contributed by atoms with van der Waals surface area (Å²) in [5.74, 6) is 1.69. The maximum Gasteiger partial charge on any atom is 0.192 e. The lowest BCUT2D eigenvalue weighted by atomic mass is 10.1. The van der Waals surface area contributed by atoms with Crippen molar-refractivity contribution in [3.05, 3.63) is 102 Å². The summed E-state index contributed by atoms with van der Waals surface area (Å²) >= 11 is 0. The minimum Gasteiger partial charge on any atom is -0.357 e. The molecule has 0 saturated carbocycles. The van der Waals surface area contributed by atoms with Crippen LogP contribution in [0.15, 0.2) is 90.4 Å². The number of hydrogen-bond acceptors (Lipinski definition) is 3. The topological polar surface area (TPSA) is 72.1 Å². The summed E-state index contributed by atoms with van der Waals surface area (Å²) in [6.45, 7) is 6.26. The molecule has 0 amide bonds. The molecule has 172 valence electrons. The van der Waals surface area contributed by atoms with Crippen molar-refractivity contribution < 1.29 is 0 Å². The quantitative estimate of drug-likeness (QED) is 0.190. The smallest absolute Gasteiger partial charge is 0.192 e. The van der Waals surface area contributed by atoms with Gasteiger partial charge in [-0.3, -0.25) is 0 Å². The van der Waals surface area contributed by atoms with Gasteiger partial charge in [0.2, 0.25) is 0 Å². The largest absolute Gasteiger partial charge is 0.357 e. The zero-order chi connectivity index (χ0) is 22.2. The number of benzene rings is 2. The monoisotopic (exact) mass is 555 g/mol. The molecule has 4 rings (SSSR count). The summed E-state index contributed by atoms with van der Waals surface area (Å²) in [5, 5.41) is 11.2. The molecular formula is C25H30IN7. The number of guanidine groups is 1. The molecule has 0 aliphatic rings. The van der Waals surface area contributed by atoms with E-state index >= 15 is 0 Å². The van der Waals surface area contributed by atoms with Crippen LogP contribution in [0.1, 0.15) is 36.8 Å². The number of nitrogens with zero attached hydrogens (tertiary/aromatic N) is 5. The summed E-state index contributed by atoms with van der Waals surface area (Å²) in [7, 11) is 0. The van der Waals surface area contributed by atoms with Crippen LogP contribution in [0.25, 0.3) is 5.69 Å². The fourth-order valence-corrected chi connectivity index (χ4v) is 3.53. The van der Waals surface area contributed by atoms with Gasteiger partial charge in [-0.15, -0.1) is 24.0 Å². The van der Waals surface area contributed by atoms with Gasteiger partial charge >= 0.3 is 0 Å². The molecule has 1 unspecified atom stereocenters. The highest BCUT2D eigenvalue weighted by atomic mass is 127. The molecule has 0 radical (unpaired) electrons. The summed E-state index contributed by atoms with van der Waals surface area (Å²) in [6, 6.07) is 20.7. The molecule has 8 heteroatoms. The van der Waals surface area contributed by atoms with Crippen LogP contribution >= 0.6 is 24.0 Å². The van der Waals surface area contributed by atoms with Crippen molar-refractivity contribution in [2.75, 3.05) is 6.54 Å². The summed E-state index contributed by atoms with van der Waals surface area (Å²) in [5.41, 5.74) is 3.44. The number of nitrogens with one attached hydrogen (secondary N) is 2. The van der Waals surface area contributed by atoms with E-state index < -0.39 is 0 Å². The molecule has 0 spiro atoms. The molecule has 1 atom stereocenters. The van der Waals surface area contributed by atoms with Crippen LogP contribution in [-0.4, -0.2) is 31.8 Å². The Morgan fingerprint density at radius 2 is 1.88 bits per heavy atom. The molecular weight excluding hydrogens is 525 g/mol. The minimum absolute atomic E-state index is 0. The Bertz CT molecular complexity index is 1140. The molecule has 0 saturated heterocycles. The zero-order valence-electron chi connectivity index (χ0n) is 18.9. The van der Waals surface area contributed by atoms with E-state index in [0.29, 0.717) is 6.54 Å². The van der Waals surface area contributed by atoms with Crippen LogP contribution in [0.5, 0.6) is 0 Å². The maximum atomic E-state index is 4.79. The first-order valence-electron chi connectivity index (χ1n) is 10.9. The molecule has 2 heterocycles. The highest BCUT2D eigenvalue weighted by Gasteiger charge is 2.10. The van der Waals surface area contributed by atoms with Crippen molar-refractivity contribution in [3.8, 4) is 5.69 Å². The Morgan fingerprint density at radius 3 is 2.64 bits per heavy atom. The van der Waals surface area contributed by atoms with Gasteiger partial charge in [0.1, 0.15) is 12.4 Å². The van der Waals surface area contributed by atoms with Gasteiger partial charge in [0.15, 0.2) is 5.96 Å². The van der Waals surface area contributed by atoms with Crippen LogP contribution < -0.4 is 10.6 Å². The molecule has 33 heavy (non-hydrogen) atoms. The van der Waals surface area contributed by atoms with Gasteiger partial charge < -0.3 is 15.2 Å². The highest BCUT2D eigenvalue weighted by molar-refractivity contribution is 14.0. The number of rotatable bonds is 8. The Morgan fingerprint density at radius 1 is 1.03 bits per heavy atom. The van der Waals surface area contributed by atoms with Gasteiger partial charge in [-0.25, -0.2) is 14.7 Å². The van der Waals surface area contributed by atoms with E-state index in [-0.39, 0.29) is 30.0 Å². The van der Waals surface area contributed by atoms with Gasteiger partial charge in [-0.05, 0) is 43.2 Å². The second-order valence-corrected chi connectivity index (χ2v) is 7.56. The molecule has 2 N–H and O–H groups in total. The van der Waals surface area contributed by atoms with Crippen molar-refractivity contribution in [2.45, 2.75) is 33.0 Å². The second kappa shape index (κ2) is 12.2. The number of halogens is 1. The predicted molar refractivity (Wildman–Crippen MR) is 143 cm³/mol. The molecule has 0 aliphatic heterocycles. The molecule has 0 fully saturated rings. The maximum absolute atomic E-state index is 4.79. The lowest BCUT2D eigenvalue weighted by molar-refractivity contribution is 0.676. The first-order valence-corrected chi connectivity index (χ1v) is 10.9. The van der Waals surface area contributed by atoms with Gasteiger partial charge in [0, 0.05) is 37.9 Å². The van der Waals surface area contributed by atoms with Crippen molar-refractivity contribution >= 4 is 29.9 Å². The number of aliphatic imine (C=N–C) groups is 1. The summed E-state index contributed by atoms with van der Waals surface area (Å²) in [6.07, 6.45) is 7.56. The highest BCUT2D eigenvalue weighted by Crippen LogP contribution is 2.16. The molecule has 7 nitrogen and oxygen atoms in total. The van der Waals surface area contributed by atoms with E-state index in [4.69, 9.17) is 4.99 Å². The lowest BCUT2D eigenvalue weighted by Crippen LogP contribution is -2.38. The number of hydrogen-bond donors (Lipinski definition) is 2. The summed E-state index contributed by atoms with van der Waals surface area (Å²) < 4.78 is 4.00. The van der Waals surface area contributed by atoms with Crippen LogP contribution in [0, 0.1) is 0 Å². The van der Waals surface area contributed by atoms with Gasteiger partial charge in [-0.1, -0.05) is 42.5 Å². The first kappa shape index (κ1) is 24.5. The fourth-order valence-electron chi connectivity index (χ4n) is 3.53. The number of imidazole rings is 1. The van der Waals surface area contributed by atoms with Crippen molar-refractivity contribution in [1.29, 1.82) is 0 Å². The van der Waals surface area contributed by atoms with E-state index in [2.05, 4.69) is 87.7 Å². The standard InChI is InChI=1S/C25H29N7.HI/c1-3-26-25(28-18-24-27-14-16-31(24)19-21-9-5-4-6-10-21)30-20(2)22-11-7-12-23(17-22)32-15-8-13-29-32;/h4-17,20H,3,18-19H2,1-2H3,(H2,26,28,30);1H. The Hall–Kier alpha value is -3.14. The predicted octanol–water partition coefficient (Wildman–Crippen LogP) is 4.55. The van der Waals surface area contributed by atoms with E-state index in [1.807, 2.05) is 35.4 Å². The summed E-state index contributed by atoms with van der Waals surface area (Å²) in [4.78, 5) is 9.30. The Balaban J connectivity index is 0.00000306. The SMILES string of the molecule is CCNC(=NCc1nccn1Cc1ccccc1)NC(C)c1cccc(-n2cccn2)c1.I. The molecule has 0 bridgehead atoms. The van der Waals surface area contributed by atoms with E-state index in [0.717, 1.165) is 36.1 Å². The second-order valence-electron chi connectivity index (χ2n) is 7.56. The molecule has 4 aromatic rings. The molecule has 2 aromatic heterocycles. The van der Waals surface area contributed by atoms with Crippen molar-refractivity contribution in [3.63, 3.8) is 0 Å². The average molecular weight is 555 g/mol. The van der Waals surface area contributed by atoms with Gasteiger partial charge in [-0.2, -0.15) is 5.10 Å². The Labute approximate surface area is 212 Å². The lowest BCUT2D eigenvalue weighted by Gasteiger charge is -2.19. The normalized spacial score (nSPS) is 12.1. The third-order valence-electron chi connectivity index (χ3n) is 5.21. The van der Waals surface area contributed by atoms with E-state index in [1.54, 1.807) is 6.20 Å². The van der Waals surface area contributed by atoms with Gasteiger partial charge in [0.25, 0.3) is 0 Å². The van der Waals surface area contributed by atoms with Crippen molar-refractivity contribution in [2.24, 2.45) is 4.99 Å². The minimum atomic E-state index is 0. The fraction of sp³-hybridized carbons (Fsp3) is 0.240. The van der Waals surface area contributed by atoms with Crippen molar-refractivity contribution in [1.82, 2.24) is 30.0 Å². The van der Waals surface area contributed by atoms with E-state index in [9.17, 15) is 0 Å². The molecule has 0 aliphatic carbocycles. The van der Waals surface area contributed by atoms with Crippen LogP contribution in [0.2, 0.25) is 0 Å². The van der Waals surface area contributed by atoms with E-state index in [1.165, 1.54) is 5.56 Å². The third-order valence-corrected chi connectivity index (χ3v) is 5.21. The Kier molecular flexibility index (Phi) is 9.05. The third kappa shape index (κ3) is 6.67. The number of aromatic nitrogens is 4. The van der Waals surface area contributed by atoms with Crippen LogP contribution in [-0.2, 0) is 13.1 Å². The first-order chi connectivity index (χ1) is 15.7.